The van der Waals surface area contributed by atoms with E-state index < -0.39 is 8.07 Å². The van der Waals surface area contributed by atoms with E-state index in [-0.39, 0.29) is 0 Å². The zero-order valence-corrected chi connectivity index (χ0v) is 43.4. The van der Waals surface area contributed by atoms with Crippen LogP contribution < -0.4 is 15.0 Å². The fraction of sp³-hybridized carbons (Fsp3) is 0.0571. The first-order valence-corrected chi connectivity index (χ1v) is 29.7. The molecule has 0 saturated carbocycles. The van der Waals surface area contributed by atoms with Gasteiger partial charge in [-0.2, -0.15) is 0 Å². The average Bonchev–Trinajstić information content (AvgIpc) is 4.34. The third-order valence-corrected chi connectivity index (χ3v) is 18.0. The lowest BCUT2D eigenvalue weighted by Crippen LogP contribution is -2.40. The molecule has 0 spiro atoms. The summed E-state index contributed by atoms with van der Waals surface area (Å²) in [7, 11) is -1.79. The fourth-order valence-corrected chi connectivity index (χ4v) is 14.4. The van der Waals surface area contributed by atoms with Gasteiger partial charge in [-0.15, -0.1) is 0 Å². The van der Waals surface area contributed by atoms with Gasteiger partial charge in [-0.25, -0.2) is 0 Å². The van der Waals surface area contributed by atoms with Crippen LogP contribution in [0.5, 0.6) is 0 Å². The Kier molecular flexibility index (Phi) is 9.51. The molecule has 0 fully saturated rings. The van der Waals surface area contributed by atoms with Crippen molar-refractivity contribution in [1.29, 1.82) is 0 Å². The van der Waals surface area contributed by atoms with Gasteiger partial charge in [0.15, 0.2) is 0 Å². The van der Waals surface area contributed by atoms with E-state index in [0.29, 0.717) is 0 Å². The Balaban J connectivity index is 1.13. The zero-order valence-electron chi connectivity index (χ0n) is 42.4. The van der Waals surface area contributed by atoms with Crippen molar-refractivity contribution in [2.24, 2.45) is 0 Å². The number of aromatic nitrogens is 2. The summed E-state index contributed by atoms with van der Waals surface area (Å²) in [6, 6.07) is 90.2. The van der Waals surface area contributed by atoms with Gasteiger partial charge in [-0.3, -0.25) is 0 Å². The maximum absolute atomic E-state index is 2.64. The molecule has 4 heterocycles. The second-order valence-electron chi connectivity index (χ2n) is 21.3. The Morgan fingerprint density at radius 3 is 1.19 bits per heavy atom. The third kappa shape index (κ3) is 6.35. The number of fused-ring (bicyclic) bond motifs is 12. The summed E-state index contributed by atoms with van der Waals surface area (Å²) in [6.07, 6.45) is 0. The van der Waals surface area contributed by atoms with Crippen LogP contribution in [-0.2, 0) is 0 Å². The molecule has 0 aliphatic rings. The van der Waals surface area contributed by atoms with Gasteiger partial charge in [0.25, 0.3) is 0 Å². The van der Waals surface area contributed by atoms with Crippen molar-refractivity contribution in [3.05, 3.63) is 248 Å². The Labute approximate surface area is 436 Å². The molecule has 11 aromatic carbocycles. The van der Waals surface area contributed by atoms with Crippen molar-refractivity contribution in [3.8, 4) is 22.3 Å². The highest BCUT2D eigenvalue weighted by Gasteiger charge is 2.32. The molecule has 0 radical (unpaired) electrons. The molecule has 0 aliphatic heterocycles. The zero-order chi connectivity index (χ0) is 50.1. The summed E-state index contributed by atoms with van der Waals surface area (Å²) in [6.45, 7) is 9.57. The van der Waals surface area contributed by atoms with Crippen LogP contribution in [0.3, 0.4) is 0 Å². The standard InChI is InChI=1S/C70H52N4Si/c1-45-23-17-18-36-58(45)71(48-28-13-7-14-29-48)50-39-41-52-54-32-21-34-56-65-64(47-26-11-6-12-27-47)70-66(63(46-24-9-5-10-25-46)69(65)73(67(54)56)60(52)43-50)57-35-22-33-55-53-42-40-51(44-61(53)74(70)68(55)57)72(49-30-15-8-16-31-49)59-37-19-20-38-62(59)75(2,3)4/h5-44H,1-4H3. The van der Waals surface area contributed by atoms with Crippen LogP contribution in [0.15, 0.2) is 243 Å². The summed E-state index contributed by atoms with van der Waals surface area (Å²) in [5.74, 6) is 0. The Morgan fingerprint density at radius 2 is 0.720 bits per heavy atom. The number of aryl methyl sites for hydroxylation is 1. The van der Waals surface area contributed by atoms with E-state index in [4.69, 9.17) is 0 Å². The molecule has 0 saturated heterocycles. The van der Waals surface area contributed by atoms with Crippen LogP contribution in [0.25, 0.3) is 98.4 Å². The third-order valence-electron chi connectivity index (χ3n) is 16.0. The molecular formula is C70H52N4Si. The van der Waals surface area contributed by atoms with Crippen LogP contribution in [0, 0.1) is 6.92 Å². The maximum Gasteiger partial charge on any atom is 0.0803 e. The number of para-hydroxylation sites is 6. The van der Waals surface area contributed by atoms with Crippen molar-refractivity contribution in [2.45, 2.75) is 26.6 Å². The Morgan fingerprint density at radius 1 is 0.320 bits per heavy atom. The quantitative estimate of drug-likeness (QED) is 0.134. The highest BCUT2D eigenvalue weighted by atomic mass is 28.3. The number of rotatable bonds is 9. The smallest absolute Gasteiger partial charge is 0.0803 e. The highest BCUT2D eigenvalue weighted by Crippen LogP contribution is 2.55. The fourth-order valence-electron chi connectivity index (χ4n) is 12.8. The molecule has 0 unspecified atom stereocenters. The SMILES string of the molecule is Cc1ccccc1N(c1ccccc1)c1ccc2c3cccc4c5c(-c6ccccc6)c6c(c(-c7ccccc7)c5n(c2c1)c34)c1cccc2c3ccc(N(c4ccccc4)c4ccccc4[Si](C)(C)C)cc3n6c21. The number of hydrogen-bond acceptors (Lipinski definition) is 2. The van der Waals surface area contributed by atoms with Crippen molar-refractivity contribution < 1.29 is 0 Å². The summed E-state index contributed by atoms with van der Waals surface area (Å²) >= 11 is 0. The summed E-state index contributed by atoms with van der Waals surface area (Å²) in [5.41, 5.74) is 20.4. The maximum atomic E-state index is 2.64. The summed E-state index contributed by atoms with van der Waals surface area (Å²) in [4.78, 5) is 4.92. The van der Waals surface area contributed by atoms with Gasteiger partial charge in [-0.1, -0.05) is 202 Å². The van der Waals surface area contributed by atoms with Gasteiger partial charge in [-0.05, 0) is 89.5 Å². The van der Waals surface area contributed by atoms with E-state index >= 15 is 0 Å². The van der Waals surface area contributed by atoms with Gasteiger partial charge >= 0.3 is 0 Å². The van der Waals surface area contributed by atoms with E-state index in [9.17, 15) is 0 Å². The van der Waals surface area contributed by atoms with Gasteiger partial charge in [0.2, 0.25) is 0 Å². The lowest BCUT2D eigenvalue weighted by Gasteiger charge is -2.31. The van der Waals surface area contributed by atoms with Crippen molar-refractivity contribution >= 4 is 124 Å². The van der Waals surface area contributed by atoms with E-state index in [2.05, 4.69) is 288 Å². The second-order valence-corrected chi connectivity index (χ2v) is 26.3. The van der Waals surface area contributed by atoms with Gasteiger partial charge in [0, 0.05) is 88.3 Å². The molecule has 4 nitrogen and oxygen atoms in total. The largest absolute Gasteiger partial charge is 0.311 e. The molecule has 5 heteroatoms. The van der Waals surface area contributed by atoms with Crippen molar-refractivity contribution in [1.82, 2.24) is 8.80 Å². The van der Waals surface area contributed by atoms with Gasteiger partial charge in [0.1, 0.15) is 0 Å². The number of hydrogen-bond donors (Lipinski definition) is 0. The van der Waals surface area contributed by atoms with Crippen LogP contribution in [0.2, 0.25) is 19.6 Å². The lowest BCUT2D eigenvalue weighted by molar-refractivity contribution is 1.25. The molecule has 4 aromatic heterocycles. The summed E-state index contributed by atoms with van der Waals surface area (Å²) in [5, 5.41) is 11.5. The first kappa shape index (κ1) is 43.4. The van der Waals surface area contributed by atoms with Crippen LogP contribution in [0.1, 0.15) is 5.56 Å². The number of anilines is 6. The van der Waals surface area contributed by atoms with Crippen LogP contribution in [-0.4, -0.2) is 16.9 Å². The first-order valence-electron chi connectivity index (χ1n) is 26.2. The molecule has 75 heavy (non-hydrogen) atoms. The van der Waals surface area contributed by atoms with Crippen molar-refractivity contribution in [3.63, 3.8) is 0 Å². The number of nitrogens with zero attached hydrogens (tertiary/aromatic N) is 4. The lowest BCUT2D eigenvalue weighted by atomic mass is 9.89. The predicted octanol–water partition coefficient (Wildman–Crippen LogP) is 19.1. The normalized spacial score (nSPS) is 12.3. The minimum absolute atomic E-state index is 1.11. The molecule has 15 rings (SSSR count). The molecule has 0 N–H and O–H groups in total. The van der Waals surface area contributed by atoms with E-state index in [0.717, 1.165) is 28.4 Å². The van der Waals surface area contributed by atoms with Crippen LogP contribution in [0.4, 0.5) is 34.1 Å². The Bertz CT molecular complexity index is 4690. The molecule has 356 valence electrons. The second kappa shape index (κ2) is 16.4. The topological polar surface area (TPSA) is 15.3 Å². The van der Waals surface area contributed by atoms with E-state index in [1.54, 1.807) is 0 Å². The molecule has 0 aliphatic carbocycles. The van der Waals surface area contributed by atoms with Gasteiger partial charge < -0.3 is 18.6 Å². The molecule has 0 bridgehead atoms. The van der Waals surface area contributed by atoms with E-state index in [1.165, 1.54) is 115 Å². The van der Waals surface area contributed by atoms with E-state index in [1.807, 2.05) is 0 Å². The van der Waals surface area contributed by atoms with Crippen LogP contribution >= 0.6 is 0 Å². The Hall–Kier alpha value is -9.16. The monoisotopic (exact) mass is 976 g/mol. The molecule has 0 amide bonds. The summed E-state index contributed by atoms with van der Waals surface area (Å²) < 4.78 is 5.28. The molecular weight excluding hydrogens is 925 g/mol. The minimum Gasteiger partial charge on any atom is -0.311 e. The first-order chi connectivity index (χ1) is 36.8. The van der Waals surface area contributed by atoms with Crippen molar-refractivity contribution in [2.75, 3.05) is 9.80 Å². The highest BCUT2D eigenvalue weighted by molar-refractivity contribution is 6.89. The predicted molar refractivity (Wildman–Crippen MR) is 324 cm³/mol. The molecule has 15 aromatic rings. The number of benzene rings is 11. The minimum atomic E-state index is -1.79. The molecule has 0 atom stereocenters. The average molecular weight is 977 g/mol. The van der Waals surface area contributed by atoms with Gasteiger partial charge in [0.05, 0.1) is 41.2 Å².